The Bertz CT molecular complexity index is 912. The van der Waals surface area contributed by atoms with E-state index in [-0.39, 0.29) is 23.3 Å². The quantitative estimate of drug-likeness (QED) is 0.188. The number of unbranched alkanes of at least 4 members (excludes halogenated alkanes) is 5. The fourth-order valence-electron chi connectivity index (χ4n) is 5.76. The average molecular weight is 509 g/mol. The van der Waals surface area contributed by atoms with Crippen LogP contribution >= 0.6 is 0 Å². The molecule has 0 radical (unpaired) electrons. The summed E-state index contributed by atoms with van der Waals surface area (Å²) in [5.74, 6) is -0.801. The van der Waals surface area contributed by atoms with Crippen molar-refractivity contribution in [3.63, 3.8) is 0 Å². The summed E-state index contributed by atoms with van der Waals surface area (Å²) in [5.41, 5.74) is 0. The molecule has 0 aromatic heterocycles. The topological polar surface area (TPSA) is 66.8 Å². The van der Waals surface area contributed by atoms with E-state index in [1.54, 1.807) is 6.08 Å². The molecule has 2 aromatic rings. The summed E-state index contributed by atoms with van der Waals surface area (Å²) in [6, 6.07) is 21.6. The van der Waals surface area contributed by atoms with Gasteiger partial charge < -0.3 is 14.6 Å². The summed E-state index contributed by atoms with van der Waals surface area (Å²) >= 11 is 0. The second-order valence-corrected chi connectivity index (χ2v) is 15.5. The highest BCUT2D eigenvalue weighted by molar-refractivity contribution is 6.99. The molecule has 0 aliphatic heterocycles. The number of aliphatic carboxylic acids is 1. The third-order valence-electron chi connectivity index (χ3n) is 7.62. The van der Waals surface area contributed by atoms with Gasteiger partial charge in [0.15, 0.2) is 0 Å². The number of allylic oxidation sites excluding steroid dienone is 1. The Morgan fingerprint density at radius 2 is 1.36 bits per heavy atom. The van der Waals surface area contributed by atoms with Crippen LogP contribution in [-0.4, -0.2) is 37.2 Å². The molecule has 0 heterocycles. The van der Waals surface area contributed by atoms with Crippen LogP contribution in [-0.2, 0) is 9.22 Å². The van der Waals surface area contributed by atoms with Crippen molar-refractivity contribution in [3.8, 4) is 0 Å². The zero-order chi connectivity index (χ0) is 26.0. The molecular formula is C31H44O4Si. The number of carbonyl (C=O) groups is 1. The molecule has 3 atom stereocenters. The summed E-state index contributed by atoms with van der Waals surface area (Å²) in [5, 5.41) is 21.8. The summed E-state index contributed by atoms with van der Waals surface area (Å²) in [7, 11) is -2.44. The molecular weight excluding hydrogens is 464 g/mol. The van der Waals surface area contributed by atoms with Gasteiger partial charge >= 0.3 is 5.97 Å². The number of carboxylic acids is 1. The maximum absolute atomic E-state index is 11.1. The van der Waals surface area contributed by atoms with Gasteiger partial charge in [0, 0.05) is 12.5 Å². The van der Waals surface area contributed by atoms with Crippen LogP contribution in [0.1, 0.15) is 72.1 Å². The molecule has 0 fully saturated rings. The third-order valence-corrected chi connectivity index (χ3v) is 12.7. The van der Waals surface area contributed by atoms with Crippen molar-refractivity contribution in [2.75, 3.05) is 6.61 Å². The molecule has 196 valence electrons. The predicted octanol–water partition coefficient (Wildman–Crippen LogP) is 5.93. The van der Waals surface area contributed by atoms with E-state index in [0.717, 1.165) is 38.7 Å². The smallest absolute Gasteiger partial charge is 0.303 e. The van der Waals surface area contributed by atoms with Gasteiger partial charge in [0.1, 0.15) is 0 Å². The molecule has 2 N–H and O–H groups in total. The first-order valence-corrected chi connectivity index (χ1v) is 15.5. The van der Waals surface area contributed by atoms with Crippen molar-refractivity contribution in [1.29, 1.82) is 0 Å². The molecule has 1 aliphatic rings. The molecule has 3 rings (SSSR count). The SMILES string of the molecule is CC(C)(C)[Si](OCCCCCCCC[C@H]1C=C[C@@H](O)[C@H]1CC(=O)O)(c1ccccc1)c1ccccc1. The first-order valence-electron chi connectivity index (χ1n) is 13.6. The molecule has 4 nitrogen and oxygen atoms in total. The highest BCUT2D eigenvalue weighted by atomic mass is 28.4. The number of rotatable bonds is 14. The second-order valence-electron chi connectivity index (χ2n) is 11.2. The van der Waals surface area contributed by atoms with Gasteiger partial charge in [-0.1, -0.05) is 126 Å². The van der Waals surface area contributed by atoms with E-state index in [9.17, 15) is 9.90 Å². The van der Waals surface area contributed by atoms with E-state index < -0.39 is 20.4 Å². The largest absolute Gasteiger partial charge is 0.481 e. The predicted molar refractivity (Wildman–Crippen MR) is 150 cm³/mol. The lowest BCUT2D eigenvalue weighted by atomic mass is 9.87. The molecule has 36 heavy (non-hydrogen) atoms. The van der Waals surface area contributed by atoms with Crippen LogP contribution in [0.4, 0.5) is 0 Å². The number of aliphatic hydroxyl groups is 1. The maximum atomic E-state index is 11.1. The molecule has 0 unspecified atom stereocenters. The fraction of sp³-hybridized carbons (Fsp3) is 0.516. The minimum atomic E-state index is -2.44. The monoisotopic (exact) mass is 508 g/mol. The van der Waals surface area contributed by atoms with Crippen molar-refractivity contribution in [1.82, 2.24) is 0 Å². The van der Waals surface area contributed by atoms with Crippen LogP contribution in [0.3, 0.4) is 0 Å². The van der Waals surface area contributed by atoms with Crippen LogP contribution in [0.25, 0.3) is 0 Å². The molecule has 0 bridgehead atoms. The van der Waals surface area contributed by atoms with Gasteiger partial charge in [-0.05, 0) is 34.2 Å². The zero-order valence-corrected chi connectivity index (χ0v) is 23.2. The molecule has 0 amide bonds. The van der Waals surface area contributed by atoms with E-state index in [1.165, 1.54) is 23.2 Å². The maximum Gasteiger partial charge on any atom is 0.303 e. The van der Waals surface area contributed by atoms with Crippen LogP contribution < -0.4 is 10.4 Å². The van der Waals surface area contributed by atoms with Crippen molar-refractivity contribution in [2.45, 2.75) is 83.3 Å². The number of aliphatic hydroxyl groups excluding tert-OH is 1. The van der Waals surface area contributed by atoms with Gasteiger partial charge in [0.25, 0.3) is 8.32 Å². The number of carboxylic acid groups (broad SMARTS) is 1. The first kappa shape index (κ1) is 28.4. The lowest BCUT2D eigenvalue weighted by Crippen LogP contribution is -2.66. The van der Waals surface area contributed by atoms with E-state index >= 15 is 0 Å². The van der Waals surface area contributed by atoms with Gasteiger partial charge in [0.2, 0.25) is 0 Å². The van der Waals surface area contributed by atoms with Crippen LogP contribution in [0.2, 0.25) is 5.04 Å². The van der Waals surface area contributed by atoms with E-state index in [0.29, 0.717) is 0 Å². The van der Waals surface area contributed by atoms with Crippen LogP contribution in [0.15, 0.2) is 72.8 Å². The Morgan fingerprint density at radius 3 is 1.89 bits per heavy atom. The molecule has 0 spiro atoms. The van der Waals surface area contributed by atoms with Gasteiger partial charge in [-0.15, -0.1) is 0 Å². The number of hydrogen-bond donors (Lipinski definition) is 2. The van der Waals surface area contributed by atoms with Gasteiger partial charge in [-0.2, -0.15) is 0 Å². The summed E-state index contributed by atoms with van der Waals surface area (Å²) in [4.78, 5) is 11.1. The number of benzene rings is 2. The van der Waals surface area contributed by atoms with E-state index in [4.69, 9.17) is 9.53 Å². The van der Waals surface area contributed by atoms with Crippen LogP contribution in [0, 0.1) is 11.8 Å². The first-order chi connectivity index (χ1) is 17.3. The van der Waals surface area contributed by atoms with Crippen molar-refractivity contribution < 1.29 is 19.4 Å². The summed E-state index contributed by atoms with van der Waals surface area (Å²) < 4.78 is 6.97. The standard InChI is InChI=1S/C31H44O4Si/c1-31(2,3)36(26-17-11-8-12-18-26,27-19-13-9-14-20-27)35-23-15-7-5-4-6-10-16-25-21-22-29(32)28(25)24-30(33)34/h8-9,11-14,17-22,25,28-29,32H,4-7,10,15-16,23-24H2,1-3H3,(H,33,34)/t25-,28-,29+/m0/s1. The molecule has 2 aromatic carbocycles. The Labute approximate surface area is 218 Å². The Hall–Kier alpha value is -2.21. The summed E-state index contributed by atoms with van der Waals surface area (Å²) in [6.45, 7) is 7.73. The molecule has 0 saturated carbocycles. The van der Waals surface area contributed by atoms with Gasteiger partial charge in [-0.25, -0.2) is 0 Å². The lowest BCUT2D eigenvalue weighted by molar-refractivity contribution is -0.139. The minimum absolute atomic E-state index is 0.0104. The molecule has 1 aliphatic carbocycles. The van der Waals surface area contributed by atoms with Crippen molar-refractivity contribution in [2.24, 2.45) is 11.8 Å². The average Bonchev–Trinajstić information content (AvgIpc) is 3.19. The molecule has 0 saturated heterocycles. The Balaban J connectivity index is 1.46. The fourth-order valence-corrected chi connectivity index (χ4v) is 10.4. The van der Waals surface area contributed by atoms with Crippen molar-refractivity contribution >= 4 is 24.7 Å². The van der Waals surface area contributed by atoms with Gasteiger partial charge in [-0.3, -0.25) is 4.79 Å². The minimum Gasteiger partial charge on any atom is -0.481 e. The Kier molecular flexibility index (Phi) is 10.5. The zero-order valence-electron chi connectivity index (χ0n) is 22.2. The summed E-state index contributed by atoms with van der Waals surface area (Å²) in [6.07, 6.45) is 11.0. The highest BCUT2D eigenvalue weighted by Gasteiger charge is 2.49. The second kappa shape index (κ2) is 13.4. The van der Waals surface area contributed by atoms with Crippen molar-refractivity contribution in [3.05, 3.63) is 72.8 Å². The normalized spacial score (nSPS) is 20.1. The van der Waals surface area contributed by atoms with E-state index in [2.05, 4.69) is 81.4 Å². The Morgan fingerprint density at radius 1 is 0.833 bits per heavy atom. The highest BCUT2D eigenvalue weighted by Crippen LogP contribution is 2.37. The van der Waals surface area contributed by atoms with Crippen LogP contribution in [0.5, 0.6) is 0 Å². The van der Waals surface area contributed by atoms with Gasteiger partial charge in [0.05, 0.1) is 12.5 Å². The third kappa shape index (κ3) is 7.18. The molecule has 5 heteroatoms. The number of hydrogen-bond acceptors (Lipinski definition) is 3. The lowest BCUT2D eigenvalue weighted by Gasteiger charge is -2.43. The van der Waals surface area contributed by atoms with E-state index in [1.807, 2.05) is 6.08 Å².